The molecule has 4 rings (SSSR count). The summed E-state index contributed by atoms with van der Waals surface area (Å²) in [4.78, 5) is 27.5. The highest BCUT2D eigenvalue weighted by Crippen LogP contribution is 2.26. The van der Waals surface area contributed by atoms with Crippen LogP contribution < -0.4 is 10.9 Å². The molecule has 1 aliphatic heterocycles. The van der Waals surface area contributed by atoms with Gasteiger partial charge < -0.3 is 9.72 Å². The lowest BCUT2D eigenvalue weighted by atomic mass is 10.1. The number of carbonyl (C=O) groups is 1. The first-order valence-corrected chi connectivity index (χ1v) is 8.82. The lowest BCUT2D eigenvalue weighted by Crippen LogP contribution is -2.31. The van der Waals surface area contributed by atoms with Crippen molar-refractivity contribution in [2.45, 2.75) is 32.8 Å². The number of hydrogen-bond acceptors (Lipinski definition) is 4. The number of nitrogens with one attached hydrogen (secondary N) is 2. The highest BCUT2D eigenvalue weighted by atomic mass is 19.1. The first-order valence-electron chi connectivity index (χ1n) is 8.82. The van der Waals surface area contributed by atoms with Gasteiger partial charge in [-0.05, 0) is 45.0 Å². The van der Waals surface area contributed by atoms with Gasteiger partial charge in [-0.25, -0.2) is 13.9 Å². The summed E-state index contributed by atoms with van der Waals surface area (Å²) in [6.45, 7) is 5.35. The molecule has 3 aromatic rings. The van der Waals surface area contributed by atoms with Crippen LogP contribution in [0.3, 0.4) is 0 Å². The molecule has 3 heterocycles. The standard InChI is InChI=1S/C20H19FN4O3/c1-20(2,3)28-19(27)22-12-5-4-8-25-15(10-12)16-17(24-25)13-7-6-11(21)9-14(13)23-18(16)26/h4,6-10H,5H2,1-3H3,(H,22,27)(H,23,26). The first kappa shape index (κ1) is 18.0. The van der Waals surface area contributed by atoms with E-state index in [4.69, 9.17) is 4.74 Å². The second kappa shape index (κ2) is 6.33. The van der Waals surface area contributed by atoms with Crippen molar-refractivity contribution < 1.29 is 13.9 Å². The minimum absolute atomic E-state index is 0.370. The van der Waals surface area contributed by atoms with Gasteiger partial charge in [0, 0.05) is 23.7 Å². The number of aromatic amines is 1. The summed E-state index contributed by atoms with van der Waals surface area (Å²) in [5, 5.41) is 8.23. The zero-order valence-corrected chi connectivity index (χ0v) is 15.7. The molecule has 1 amide bonds. The van der Waals surface area contributed by atoms with Gasteiger partial charge in [-0.15, -0.1) is 0 Å². The van der Waals surface area contributed by atoms with Crippen LogP contribution >= 0.6 is 0 Å². The first-order chi connectivity index (χ1) is 13.2. The third-order valence-corrected chi connectivity index (χ3v) is 4.22. The molecule has 144 valence electrons. The van der Waals surface area contributed by atoms with Crippen LogP contribution in [-0.4, -0.2) is 26.5 Å². The Bertz CT molecular complexity index is 1230. The van der Waals surface area contributed by atoms with Gasteiger partial charge in [0.1, 0.15) is 16.9 Å². The molecule has 0 spiro atoms. The van der Waals surface area contributed by atoms with Crippen molar-refractivity contribution in [3.05, 3.63) is 51.8 Å². The lowest BCUT2D eigenvalue weighted by molar-refractivity contribution is 0.0545. The van der Waals surface area contributed by atoms with Crippen molar-refractivity contribution in [3.8, 4) is 0 Å². The number of rotatable bonds is 1. The minimum Gasteiger partial charge on any atom is -0.444 e. The summed E-state index contributed by atoms with van der Waals surface area (Å²) >= 11 is 0. The molecule has 2 N–H and O–H groups in total. The Balaban J connectivity index is 1.84. The molecule has 1 aliphatic rings. The normalized spacial score (nSPS) is 13.9. The molecular weight excluding hydrogens is 363 g/mol. The largest absolute Gasteiger partial charge is 0.444 e. The van der Waals surface area contributed by atoms with Crippen LogP contribution in [0, 0.1) is 5.82 Å². The third kappa shape index (κ3) is 3.28. The molecule has 7 nitrogen and oxygen atoms in total. The van der Waals surface area contributed by atoms with Crippen LogP contribution in [0.25, 0.3) is 34.1 Å². The van der Waals surface area contributed by atoms with Gasteiger partial charge in [0.25, 0.3) is 5.56 Å². The summed E-state index contributed by atoms with van der Waals surface area (Å²) in [7, 11) is 0. The van der Waals surface area contributed by atoms with Crippen LogP contribution in [0.5, 0.6) is 0 Å². The van der Waals surface area contributed by atoms with Gasteiger partial charge in [-0.3, -0.25) is 10.1 Å². The number of ether oxygens (including phenoxy) is 1. The average molecular weight is 382 g/mol. The monoisotopic (exact) mass is 382 g/mol. The molecule has 0 radical (unpaired) electrons. The quantitative estimate of drug-likeness (QED) is 0.671. The second-order valence-corrected chi connectivity index (χ2v) is 7.58. The highest BCUT2D eigenvalue weighted by Gasteiger charge is 2.20. The molecule has 1 aromatic carbocycles. The Morgan fingerprint density at radius 1 is 1.36 bits per heavy atom. The van der Waals surface area contributed by atoms with Crippen LogP contribution in [0.15, 0.2) is 34.8 Å². The van der Waals surface area contributed by atoms with Gasteiger partial charge >= 0.3 is 6.09 Å². The van der Waals surface area contributed by atoms with Crippen LogP contribution in [0.4, 0.5) is 9.18 Å². The maximum absolute atomic E-state index is 13.5. The number of hydrogen-bond donors (Lipinski definition) is 2. The van der Waals surface area contributed by atoms with E-state index in [2.05, 4.69) is 15.4 Å². The number of amides is 1. The Kier molecular flexibility index (Phi) is 4.06. The number of carbonyl (C=O) groups excluding carboxylic acids is 1. The summed E-state index contributed by atoms with van der Waals surface area (Å²) in [5.41, 5.74) is 0.953. The number of benzene rings is 1. The van der Waals surface area contributed by atoms with Crippen LogP contribution in [0.1, 0.15) is 32.9 Å². The van der Waals surface area contributed by atoms with Crippen molar-refractivity contribution in [2.24, 2.45) is 0 Å². The molecule has 2 aromatic heterocycles. The maximum atomic E-state index is 13.5. The Morgan fingerprint density at radius 3 is 2.89 bits per heavy atom. The van der Waals surface area contributed by atoms with Gasteiger partial charge in [0.2, 0.25) is 0 Å². The lowest BCUT2D eigenvalue weighted by Gasteiger charge is -2.20. The van der Waals surface area contributed by atoms with E-state index in [-0.39, 0.29) is 5.56 Å². The molecule has 0 unspecified atom stereocenters. The summed E-state index contributed by atoms with van der Waals surface area (Å²) in [6, 6.07) is 4.18. The van der Waals surface area contributed by atoms with E-state index < -0.39 is 17.5 Å². The number of pyridine rings is 1. The van der Waals surface area contributed by atoms with Crippen molar-refractivity contribution >= 4 is 40.2 Å². The van der Waals surface area contributed by atoms with E-state index in [0.29, 0.717) is 39.6 Å². The summed E-state index contributed by atoms with van der Waals surface area (Å²) < 4.78 is 20.4. The van der Waals surface area contributed by atoms with E-state index in [1.165, 1.54) is 12.1 Å². The molecule has 28 heavy (non-hydrogen) atoms. The zero-order chi connectivity index (χ0) is 20.1. The number of nitrogens with zero attached hydrogens (tertiary/aromatic N) is 2. The molecule has 8 heteroatoms. The molecule has 0 aliphatic carbocycles. The second-order valence-electron chi connectivity index (χ2n) is 7.58. The zero-order valence-electron chi connectivity index (χ0n) is 15.7. The Labute approximate surface area is 159 Å². The fourth-order valence-corrected chi connectivity index (χ4v) is 3.15. The van der Waals surface area contributed by atoms with E-state index in [1.54, 1.807) is 43.8 Å². The SMILES string of the molecule is CC(C)(C)OC(=O)NC1=Cc2c3c(=O)[nH]c4cc(F)ccc4c3nn2C=CC1. The highest BCUT2D eigenvalue weighted by molar-refractivity contribution is 6.05. The Morgan fingerprint density at radius 2 is 2.14 bits per heavy atom. The molecular formula is C20H19FN4O3. The predicted molar refractivity (Wildman–Crippen MR) is 105 cm³/mol. The van der Waals surface area contributed by atoms with E-state index in [9.17, 15) is 14.0 Å². The number of aromatic nitrogens is 3. The smallest absolute Gasteiger partial charge is 0.411 e. The predicted octanol–water partition coefficient (Wildman–Crippen LogP) is 3.76. The number of halogens is 1. The molecule has 0 atom stereocenters. The fourth-order valence-electron chi connectivity index (χ4n) is 3.15. The van der Waals surface area contributed by atoms with Gasteiger partial charge in [0.15, 0.2) is 0 Å². The molecule has 0 saturated carbocycles. The fraction of sp³-hybridized carbons (Fsp3) is 0.250. The van der Waals surface area contributed by atoms with E-state index in [0.717, 1.165) is 0 Å². The van der Waals surface area contributed by atoms with E-state index in [1.807, 2.05) is 6.08 Å². The number of fused-ring (bicyclic) bond motifs is 5. The molecule has 0 saturated heterocycles. The molecule has 0 bridgehead atoms. The maximum Gasteiger partial charge on any atom is 0.411 e. The number of alkyl carbamates (subject to hydrolysis) is 1. The van der Waals surface area contributed by atoms with Crippen molar-refractivity contribution in [2.75, 3.05) is 0 Å². The summed E-state index contributed by atoms with van der Waals surface area (Å²) in [6.07, 6.45) is 5.12. The van der Waals surface area contributed by atoms with Crippen molar-refractivity contribution in [3.63, 3.8) is 0 Å². The number of H-pyrrole nitrogens is 1. The van der Waals surface area contributed by atoms with Crippen LogP contribution in [-0.2, 0) is 4.74 Å². The van der Waals surface area contributed by atoms with Gasteiger partial charge in [-0.1, -0.05) is 6.08 Å². The van der Waals surface area contributed by atoms with Gasteiger partial charge in [0.05, 0.1) is 16.6 Å². The minimum atomic E-state index is -0.620. The van der Waals surface area contributed by atoms with Crippen molar-refractivity contribution in [1.82, 2.24) is 20.1 Å². The topological polar surface area (TPSA) is 89.0 Å². The van der Waals surface area contributed by atoms with Crippen molar-refractivity contribution in [1.29, 1.82) is 0 Å². The van der Waals surface area contributed by atoms with E-state index >= 15 is 0 Å². The third-order valence-electron chi connectivity index (χ3n) is 4.22. The Hall–Kier alpha value is -3.42. The van der Waals surface area contributed by atoms with Gasteiger partial charge in [-0.2, -0.15) is 5.10 Å². The van der Waals surface area contributed by atoms with Crippen LogP contribution in [0.2, 0.25) is 0 Å². The average Bonchev–Trinajstić information content (AvgIpc) is 2.81. The number of allylic oxidation sites excluding steroid dienone is 1. The summed E-state index contributed by atoms with van der Waals surface area (Å²) in [5.74, 6) is -0.438. The molecule has 0 fully saturated rings.